The van der Waals surface area contributed by atoms with E-state index in [4.69, 9.17) is 9.15 Å². The molecule has 28 heavy (non-hydrogen) atoms. The first kappa shape index (κ1) is 19.5. The van der Waals surface area contributed by atoms with Crippen molar-refractivity contribution in [2.45, 2.75) is 19.8 Å². The molecule has 2 aromatic rings. The van der Waals surface area contributed by atoms with Gasteiger partial charge in [0.25, 0.3) is 0 Å². The van der Waals surface area contributed by atoms with Crippen LogP contribution in [0.25, 0.3) is 12.2 Å². The Morgan fingerprint density at radius 3 is 2.71 bits per heavy atom. The number of carbonyl (C=O) groups is 1. The number of hydrogen-bond donors (Lipinski definition) is 0. The van der Waals surface area contributed by atoms with Crippen molar-refractivity contribution in [3.05, 3.63) is 41.4 Å². The second kappa shape index (κ2) is 9.09. The lowest BCUT2D eigenvalue weighted by Gasteiger charge is -2.34. The number of carbonyl (C=O) groups excluding carboxylic acids is 1. The molecule has 1 aliphatic rings. The summed E-state index contributed by atoms with van der Waals surface area (Å²) in [4.78, 5) is 20.2. The van der Waals surface area contributed by atoms with E-state index in [0.717, 1.165) is 17.7 Å². The second-order valence-corrected chi connectivity index (χ2v) is 6.51. The van der Waals surface area contributed by atoms with E-state index in [1.165, 1.54) is 0 Å². The molecular formula is C21H24N4O3. The predicted octanol–water partition coefficient (Wildman–Crippen LogP) is 3.17. The Kier molecular flexibility index (Phi) is 6.33. The molecule has 1 fully saturated rings. The standard InChI is InChI=1S/C21H24N4O3/c1-3-6-20(26)24-11-13-25(14-12-24)21-17(15-22)23-19(28-21)10-9-16-7-4-5-8-18(16)27-2/h4-5,7-10H,3,6,11-14H2,1-2H3. The van der Waals surface area contributed by atoms with Crippen LogP contribution in [0.5, 0.6) is 5.75 Å². The van der Waals surface area contributed by atoms with Crippen LogP contribution in [-0.2, 0) is 4.79 Å². The topological polar surface area (TPSA) is 82.6 Å². The maximum Gasteiger partial charge on any atom is 0.235 e. The normalized spacial score (nSPS) is 14.3. The van der Waals surface area contributed by atoms with Crippen molar-refractivity contribution in [1.82, 2.24) is 9.88 Å². The first-order valence-electron chi connectivity index (χ1n) is 9.41. The Labute approximate surface area is 164 Å². The fourth-order valence-electron chi connectivity index (χ4n) is 3.18. The summed E-state index contributed by atoms with van der Waals surface area (Å²) in [7, 11) is 1.62. The Morgan fingerprint density at radius 2 is 2.04 bits per heavy atom. The molecule has 7 nitrogen and oxygen atoms in total. The second-order valence-electron chi connectivity index (χ2n) is 6.51. The number of nitriles is 1. The van der Waals surface area contributed by atoms with Crippen molar-refractivity contribution in [3.8, 4) is 11.8 Å². The molecular weight excluding hydrogens is 356 g/mol. The highest BCUT2D eigenvalue weighted by atomic mass is 16.5. The highest BCUT2D eigenvalue weighted by molar-refractivity contribution is 5.76. The fraction of sp³-hybridized carbons (Fsp3) is 0.381. The first-order chi connectivity index (χ1) is 13.7. The highest BCUT2D eigenvalue weighted by Gasteiger charge is 2.25. The molecule has 1 amide bonds. The summed E-state index contributed by atoms with van der Waals surface area (Å²) in [6, 6.07) is 9.73. The van der Waals surface area contributed by atoms with E-state index >= 15 is 0 Å². The summed E-state index contributed by atoms with van der Waals surface area (Å²) in [6.45, 7) is 4.49. The molecule has 2 heterocycles. The highest BCUT2D eigenvalue weighted by Crippen LogP contribution is 2.25. The molecule has 7 heteroatoms. The molecule has 0 aliphatic carbocycles. The van der Waals surface area contributed by atoms with Crippen molar-refractivity contribution in [3.63, 3.8) is 0 Å². The average Bonchev–Trinajstić information content (AvgIpc) is 3.16. The molecule has 0 N–H and O–H groups in total. The molecule has 0 atom stereocenters. The lowest BCUT2D eigenvalue weighted by Crippen LogP contribution is -2.48. The molecule has 0 unspecified atom stereocenters. The largest absolute Gasteiger partial charge is 0.496 e. The van der Waals surface area contributed by atoms with E-state index in [-0.39, 0.29) is 11.6 Å². The lowest BCUT2D eigenvalue weighted by molar-refractivity contribution is -0.131. The average molecular weight is 380 g/mol. The molecule has 1 aromatic carbocycles. The Bertz CT molecular complexity index is 889. The number of piperazine rings is 1. The van der Waals surface area contributed by atoms with Gasteiger partial charge in [0.2, 0.25) is 23.4 Å². The van der Waals surface area contributed by atoms with Gasteiger partial charge in [-0.15, -0.1) is 0 Å². The lowest BCUT2D eigenvalue weighted by atomic mass is 10.2. The van der Waals surface area contributed by atoms with Crippen LogP contribution in [0.15, 0.2) is 28.7 Å². The molecule has 1 aromatic heterocycles. The summed E-state index contributed by atoms with van der Waals surface area (Å²) in [5, 5.41) is 9.43. The fourth-order valence-corrected chi connectivity index (χ4v) is 3.18. The van der Waals surface area contributed by atoms with Gasteiger partial charge in [0, 0.05) is 44.2 Å². The molecule has 146 valence electrons. The van der Waals surface area contributed by atoms with E-state index in [9.17, 15) is 10.1 Å². The number of ether oxygens (including phenoxy) is 1. The van der Waals surface area contributed by atoms with Gasteiger partial charge in [-0.1, -0.05) is 25.1 Å². The third-order valence-electron chi connectivity index (χ3n) is 4.66. The summed E-state index contributed by atoms with van der Waals surface area (Å²) < 4.78 is 11.2. The Morgan fingerprint density at radius 1 is 1.29 bits per heavy atom. The predicted molar refractivity (Wildman–Crippen MR) is 107 cm³/mol. The van der Waals surface area contributed by atoms with Gasteiger partial charge in [0.1, 0.15) is 11.8 Å². The van der Waals surface area contributed by atoms with Gasteiger partial charge in [-0.3, -0.25) is 4.79 Å². The van der Waals surface area contributed by atoms with E-state index < -0.39 is 0 Å². The number of aromatic nitrogens is 1. The summed E-state index contributed by atoms with van der Waals surface area (Å²) in [6.07, 6.45) is 4.99. The number of oxazole rings is 1. The minimum absolute atomic E-state index is 0.181. The van der Waals surface area contributed by atoms with Crippen molar-refractivity contribution < 1.29 is 13.9 Å². The van der Waals surface area contributed by atoms with Crippen LogP contribution in [-0.4, -0.2) is 49.1 Å². The number of methoxy groups -OCH3 is 1. The Balaban J connectivity index is 1.72. The maximum absolute atomic E-state index is 12.0. The van der Waals surface area contributed by atoms with E-state index in [1.54, 1.807) is 13.2 Å². The van der Waals surface area contributed by atoms with Crippen molar-refractivity contribution in [2.24, 2.45) is 0 Å². The van der Waals surface area contributed by atoms with Crippen LogP contribution in [0.1, 0.15) is 36.9 Å². The van der Waals surface area contributed by atoms with Crippen LogP contribution in [0.3, 0.4) is 0 Å². The number of anilines is 1. The van der Waals surface area contributed by atoms with E-state index in [2.05, 4.69) is 11.1 Å². The molecule has 3 rings (SSSR count). The minimum Gasteiger partial charge on any atom is -0.496 e. The van der Waals surface area contributed by atoms with E-state index in [0.29, 0.717) is 44.4 Å². The van der Waals surface area contributed by atoms with Gasteiger partial charge in [-0.05, 0) is 18.6 Å². The van der Waals surface area contributed by atoms with Gasteiger partial charge < -0.3 is 19.0 Å². The minimum atomic E-state index is 0.181. The number of benzene rings is 1. The van der Waals surface area contributed by atoms with Crippen molar-refractivity contribution in [1.29, 1.82) is 5.26 Å². The zero-order chi connectivity index (χ0) is 19.9. The number of rotatable bonds is 6. The molecule has 1 aliphatic heterocycles. The Hall–Kier alpha value is -3.27. The molecule has 0 bridgehead atoms. The number of para-hydroxylation sites is 1. The maximum atomic E-state index is 12.0. The van der Waals surface area contributed by atoms with Gasteiger partial charge in [0.15, 0.2) is 0 Å². The smallest absolute Gasteiger partial charge is 0.235 e. The molecule has 0 spiro atoms. The number of nitrogens with zero attached hydrogens (tertiary/aromatic N) is 4. The van der Waals surface area contributed by atoms with E-state index in [1.807, 2.05) is 47.1 Å². The summed E-state index contributed by atoms with van der Waals surface area (Å²) in [5.74, 6) is 1.76. The van der Waals surface area contributed by atoms with Crippen LogP contribution < -0.4 is 9.64 Å². The van der Waals surface area contributed by atoms with Gasteiger partial charge in [-0.2, -0.15) is 10.2 Å². The number of hydrogen-bond acceptors (Lipinski definition) is 6. The molecule has 1 saturated heterocycles. The van der Waals surface area contributed by atoms with Gasteiger partial charge >= 0.3 is 0 Å². The quantitative estimate of drug-likeness (QED) is 0.765. The zero-order valence-electron chi connectivity index (χ0n) is 16.2. The molecule has 0 radical (unpaired) electrons. The van der Waals surface area contributed by atoms with Crippen LogP contribution in [0, 0.1) is 11.3 Å². The van der Waals surface area contributed by atoms with Crippen molar-refractivity contribution >= 4 is 23.9 Å². The summed E-state index contributed by atoms with van der Waals surface area (Å²) >= 11 is 0. The van der Waals surface area contributed by atoms with Crippen LogP contribution in [0.4, 0.5) is 5.88 Å². The van der Waals surface area contributed by atoms with Crippen LogP contribution in [0.2, 0.25) is 0 Å². The third-order valence-corrected chi connectivity index (χ3v) is 4.66. The number of amides is 1. The first-order valence-corrected chi connectivity index (χ1v) is 9.41. The summed E-state index contributed by atoms with van der Waals surface area (Å²) in [5.41, 5.74) is 1.15. The SMILES string of the molecule is CCCC(=O)N1CCN(c2oc(C=Cc3ccccc3OC)nc2C#N)CC1. The van der Waals surface area contributed by atoms with Gasteiger partial charge in [-0.25, -0.2) is 0 Å². The third kappa shape index (κ3) is 4.34. The van der Waals surface area contributed by atoms with Gasteiger partial charge in [0.05, 0.1) is 7.11 Å². The van der Waals surface area contributed by atoms with Crippen molar-refractivity contribution in [2.75, 3.05) is 38.2 Å². The molecule has 0 saturated carbocycles. The van der Waals surface area contributed by atoms with Crippen LogP contribution >= 0.6 is 0 Å². The monoisotopic (exact) mass is 380 g/mol. The zero-order valence-corrected chi connectivity index (χ0v) is 16.2.